The van der Waals surface area contributed by atoms with Crippen LogP contribution in [-0.2, 0) is 22.6 Å². The van der Waals surface area contributed by atoms with E-state index in [-0.39, 0.29) is 24.1 Å². The van der Waals surface area contributed by atoms with E-state index in [2.05, 4.69) is 51.7 Å². The lowest BCUT2D eigenvalue weighted by atomic mass is 10.00. The highest BCUT2D eigenvalue weighted by Crippen LogP contribution is 2.16. The fraction of sp³-hybridized carbons (Fsp3) is 0.303. The van der Waals surface area contributed by atoms with Crippen molar-refractivity contribution in [1.29, 1.82) is 0 Å². The number of rotatable bonds is 11. The second-order valence-corrected chi connectivity index (χ2v) is 10.3. The molecule has 1 saturated heterocycles. The van der Waals surface area contributed by atoms with E-state index < -0.39 is 6.04 Å². The average molecular weight is 539 g/mol. The average Bonchev–Trinajstić information content (AvgIpc) is 2.97. The number of likely N-dealkylation sites (N-methyl/N-ethyl adjacent to an activating group) is 1. The molecule has 3 aromatic rings. The molecule has 1 heterocycles. The molecule has 7 nitrogen and oxygen atoms in total. The van der Waals surface area contributed by atoms with Crippen molar-refractivity contribution >= 4 is 29.7 Å². The van der Waals surface area contributed by atoms with Gasteiger partial charge in [0.05, 0.1) is 12.6 Å². The first-order valence-electron chi connectivity index (χ1n) is 13.8. The van der Waals surface area contributed by atoms with Gasteiger partial charge in [-0.3, -0.25) is 19.3 Å². The lowest BCUT2D eigenvalue weighted by Gasteiger charge is -2.32. The summed E-state index contributed by atoms with van der Waals surface area (Å²) in [5, 5.41) is 5.46. The van der Waals surface area contributed by atoms with Crippen LogP contribution < -0.4 is 10.6 Å². The van der Waals surface area contributed by atoms with Gasteiger partial charge in [0.2, 0.25) is 5.91 Å². The number of carbonyl (C=O) groups is 3. The lowest BCUT2D eigenvalue weighted by Crippen LogP contribution is -2.46. The molecule has 40 heavy (non-hydrogen) atoms. The third-order valence-corrected chi connectivity index (χ3v) is 7.13. The standard InChI is InChI=1S/C33H38N4O3/c1-25(38)34-23-32(39)31(22-27-8-4-3-5-9-27)35-33(40)30-11-7-6-10-29(30)17-16-26-12-14-28(15-13-26)24-37-20-18-36(2)19-21-37/h3-17,31H,18-24H2,1-2H3,(H,34,38)(H,35,40)/t31-/m0/s1. The SMILES string of the molecule is CC(=O)NCC(=O)[C@H](Cc1ccccc1)NC(=O)c1ccccc1C=Cc1ccc(CN2CCN(C)CC2)cc1. The number of nitrogens with zero attached hydrogens (tertiary/aromatic N) is 2. The number of benzene rings is 3. The number of hydrogen-bond donors (Lipinski definition) is 2. The van der Waals surface area contributed by atoms with Gasteiger partial charge in [-0.05, 0) is 41.8 Å². The summed E-state index contributed by atoms with van der Waals surface area (Å²) in [6.07, 6.45) is 4.26. The minimum Gasteiger partial charge on any atom is -0.349 e. The second kappa shape index (κ2) is 14.4. The van der Waals surface area contributed by atoms with Gasteiger partial charge < -0.3 is 15.5 Å². The summed E-state index contributed by atoms with van der Waals surface area (Å²) >= 11 is 0. The van der Waals surface area contributed by atoms with E-state index in [0.29, 0.717) is 12.0 Å². The van der Waals surface area contributed by atoms with Crippen LogP contribution in [0.5, 0.6) is 0 Å². The van der Waals surface area contributed by atoms with E-state index in [9.17, 15) is 14.4 Å². The molecule has 0 bridgehead atoms. The first-order valence-corrected chi connectivity index (χ1v) is 13.8. The Kier molecular flexibility index (Phi) is 10.4. The van der Waals surface area contributed by atoms with Crippen LogP contribution in [0.3, 0.4) is 0 Å². The van der Waals surface area contributed by atoms with Crippen LogP contribution >= 0.6 is 0 Å². The summed E-state index contributed by atoms with van der Waals surface area (Å²) in [5.41, 5.74) is 4.50. The first kappa shape index (κ1) is 28.9. The van der Waals surface area contributed by atoms with Gasteiger partial charge in [0.1, 0.15) is 0 Å². The molecule has 0 saturated carbocycles. The second-order valence-electron chi connectivity index (χ2n) is 10.3. The molecular formula is C33H38N4O3. The highest BCUT2D eigenvalue weighted by molar-refractivity contribution is 6.01. The molecule has 7 heteroatoms. The van der Waals surface area contributed by atoms with Gasteiger partial charge in [-0.1, -0.05) is 84.9 Å². The Hall–Kier alpha value is -4.07. The van der Waals surface area contributed by atoms with E-state index in [0.717, 1.165) is 49.4 Å². The molecule has 208 valence electrons. The van der Waals surface area contributed by atoms with Crippen LogP contribution in [0.1, 0.15) is 39.5 Å². The van der Waals surface area contributed by atoms with E-state index >= 15 is 0 Å². The lowest BCUT2D eigenvalue weighted by molar-refractivity contribution is -0.124. The van der Waals surface area contributed by atoms with E-state index in [1.165, 1.54) is 12.5 Å². The summed E-state index contributed by atoms with van der Waals surface area (Å²) in [4.78, 5) is 42.5. The topological polar surface area (TPSA) is 81.8 Å². The maximum atomic E-state index is 13.4. The summed E-state index contributed by atoms with van der Waals surface area (Å²) in [7, 11) is 2.16. The largest absolute Gasteiger partial charge is 0.349 e. The van der Waals surface area contributed by atoms with Crippen molar-refractivity contribution < 1.29 is 14.4 Å². The highest BCUT2D eigenvalue weighted by Gasteiger charge is 2.23. The molecule has 0 aliphatic carbocycles. The number of piperazine rings is 1. The Balaban J connectivity index is 1.43. The zero-order valence-corrected chi connectivity index (χ0v) is 23.3. The monoisotopic (exact) mass is 538 g/mol. The smallest absolute Gasteiger partial charge is 0.252 e. The minimum absolute atomic E-state index is 0.139. The first-order chi connectivity index (χ1) is 19.4. The van der Waals surface area contributed by atoms with Gasteiger partial charge in [0.25, 0.3) is 5.91 Å². The summed E-state index contributed by atoms with van der Waals surface area (Å²) in [6.45, 7) is 6.55. The van der Waals surface area contributed by atoms with Gasteiger partial charge in [-0.15, -0.1) is 0 Å². The fourth-order valence-electron chi connectivity index (χ4n) is 4.70. The molecule has 0 unspecified atom stereocenters. The molecule has 1 fully saturated rings. The maximum Gasteiger partial charge on any atom is 0.252 e. The quantitative estimate of drug-likeness (QED) is 0.364. The van der Waals surface area contributed by atoms with Crippen LogP contribution in [0.15, 0.2) is 78.9 Å². The van der Waals surface area contributed by atoms with E-state index in [4.69, 9.17) is 0 Å². The van der Waals surface area contributed by atoms with Crippen molar-refractivity contribution in [2.75, 3.05) is 39.8 Å². The fourth-order valence-corrected chi connectivity index (χ4v) is 4.70. The molecule has 0 radical (unpaired) electrons. The van der Waals surface area contributed by atoms with Crippen molar-refractivity contribution in [2.45, 2.75) is 25.9 Å². The third-order valence-electron chi connectivity index (χ3n) is 7.13. The molecule has 3 aromatic carbocycles. The molecule has 4 rings (SSSR count). The predicted octanol–water partition coefficient (Wildman–Crippen LogP) is 3.65. The Morgan fingerprint density at radius 1 is 0.825 bits per heavy atom. The molecule has 1 aliphatic heterocycles. The van der Waals surface area contributed by atoms with Gasteiger partial charge >= 0.3 is 0 Å². The number of nitrogens with one attached hydrogen (secondary N) is 2. The van der Waals surface area contributed by atoms with Crippen LogP contribution in [0.2, 0.25) is 0 Å². The van der Waals surface area contributed by atoms with Gasteiger partial charge in [0, 0.05) is 45.2 Å². The van der Waals surface area contributed by atoms with E-state index in [1.54, 1.807) is 6.07 Å². The van der Waals surface area contributed by atoms with Crippen LogP contribution in [0.4, 0.5) is 0 Å². The molecule has 1 atom stereocenters. The van der Waals surface area contributed by atoms with Crippen molar-refractivity contribution in [3.63, 3.8) is 0 Å². The van der Waals surface area contributed by atoms with Gasteiger partial charge in [-0.25, -0.2) is 0 Å². The number of amides is 2. The van der Waals surface area contributed by atoms with Crippen LogP contribution in [-0.4, -0.2) is 73.2 Å². The number of hydrogen-bond acceptors (Lipinski definition) is 5. The van der Waals surface area contributed by atoms with Gasteiger partial charge in [-0.2, -0.15) is 0 Å². The maximum absolute atomic E-state index is 13.4. The number of carbonyl (C=O) groups excluding carboxylic acids is 3. The van der Waals surface area contributed by atoms with Crippen LogP contribution in [0.25, 0.3) is 12.2 Å². The van der Waals surface area contributed by atoms with Crippen LogP contribution in [0, 0.1) is 0 Å². The Morgan fingerprint density at radius 3 is 2.20 bits per heavy atom. The number of ketones is 1. The molecule has 0 aromatic heterocycles. The number of Topliss-reactive ketones (excluding diaryl/α,β-unsaturated/α-hetero) is 1. The molecule has 1 aliphatic rings. The highest BCUT2D eigenvalue weighted by atomic mass is 16.2. The van der Waals surface area contributed by atoms with Crippen molar-refractivity contribution in [3.8, 4) is 0 Å². The normalized spacial score (nSPS) is 15.1. The van der Waals surface area contributed by atoms with Gasteiger partial charge in [0.15, 0.2) is 5.78 Å². The Bertz CT molecular complexity index is 1310. The Labute approximate surface area is 236 Å². The van der Waals surface area contributed by atoms with Crippen molar-refractivity contribution in [2.24, 2.45) is 0 Å². The predicted molar refractivity (Wildman–Crippen MR) is 160 cm³/mol. The summed E-state index contributed by atoms with van der Waals surface area (Å²) in [5.74, 6) is -0.877. The Morgan fingerprint density at radius 2 is 1.50 bits per heavy atom. The molecule has 0 spiro atoms. The molecule has 2 N–H and O–H groups in total. The van der Waals surface area contributed by atoms with Crippen molar-refractivity contribution in [3.05, 3.63) is 107 Å². The van der Waals surface area contributed by atoms with E-state index in [1.807, 2.05) is 60.7 Å². The third kappa shape index (κ3) is 8.73. The zero-order valence-electron chi connectivity index (χ0n) is 23.3. The molecule has 2 amide bonds. The summed E-state index contributed by atoms with van der Waals surface area (Å²) < 4.78 is 0. The van der Waals surface area contributed by atoms with Crippen molar-refractivity contribution in [1.82, 2.24) is 20.4 Å². The molecular weight excluding hydrogens is 500 g/mol. The minimum atomic E-state index is -0.772. The summed E-state index contributed by atoms with van der Waals surface area (Å²) in [6, 6.07) is 24.6. The zero-order chi connectivity index (χ0) is 28.3.